The van der Waals surface area contributed by atoms with Gasteiger partial charge in [0.1, 0.15) is 11.5 Å². The first-order valence-electron chi connectivity index (χ1n) is 11.5. The molecule has 0 radical (unpaired) electrons. The molecule has 2 fully saturated rings. The summed E-state index contributed by atoms with van der Waals surface area (Å²) in [6.45, 7) is 6.57. The third kappa shape index (κ3) is 4.59. The van der Waals surface area contributed by atoms with E-state index in [1.807, 2.05) is 20.8 Å². The van der Waals surface area contributed by atoms with Crippen molar-refractivity contribution >= 4 is 35.3 Å². The number of fused-ring (bicyclic) bond motifs is 1. The van der Waals surface area contributed by atoms with Gasteiger partial charge in [0, 0.05) is 49.6 Å². The van der Waals surface area contributed by atoms with Crippen molar-refractivity contribution in [3.8, 4) is 0 Å². The molecule has 0 aliphatic carbocycles. The average molecular weight is 466 g/mol. The van der Waals surface area contributed by atoms with Gasteiger partial charge in [-0.15, -0.1) is 11.8 Å². The maximum atomic E-state index is 13.0. The van der Waals surface area contributed by atoms with Crippen molar-refractivity contribution in [3.05, 3.63) is 10.6 Å². The molecule has 3 heterocycles. The van der Waals surface area contributed by atoms with Gasteiger partial charge in [-0.2, -0.15) is 0 Å². The van der Waals surface area contributed by atoms with E-state index in [-0.39, 0.29) is 58.4 Å². The van der Waals surface area contributed by atoms with E-state index < -0.39 is 5.97 Å². The van der Waals surface area contributed by atoms with Gasteiger partial charge in [0.15, 0.2) is 0 Å². The number of Topliss-reactive ketones (excluding diaryl/α,β-unsaturated/α-hetero) is 1. The van der Waals surface area contributed by atoms with E-state index >= 15 is 0 Å². The number of nitrogens with one attached hydrogen (secondary N) is 1. The largest absolute Gasteiger partial charge is 0.477 e. The molecule has 0 aromatic rings. The Bertz CT molecular complexity index is 826. The number of nitrogens with zero attached hydrogens (tertiary/aromatic N) is 2. The Morgan fingerprint density at radius 1 is 1.31 bits per heavy atom. The lowest BCUT2D eigenvalue weighted by Gasteiger charge is -2.47. The Morgan fingerprint density at radius 2 is 2.00 bits per heavy atom. The van der Waals surface area contributed by atoms with Crippen molar-refractivity contribution in [1.82, 2.24) is 15.1 Å². The van der Waals surface area contributed by atoms with Gasteiger partial charge < -0.3 is 20.2 Å². The number of likely N-dealkylation sites (N-methyl/N-ethyl adjacent to an activating group) is 1. The van der Waals surface area contributed by atoms with Gasteiger partial charge in [-0.1, -0.05) is 27.2 Å². The summed E-state index contributed by atoms with van der Waals surface area (Å²) in [6.07, 6.45) is 3.33. The van der Waals surface area contributed by atoms with Gasteiger partial charge in [0.25, 0.3) is 0 Å². The summed E-state index contributed by atoms with van der Waals surface area (Å²) in [6, 6.07) is -0.479. The minimum Gasteiger partial charge on any atom is -0.477 e. The number of carbonyl (C=O) groups excluding carboxylic acids is 3. The van der Waals surface area contributed by atoms with Crippen LogP contribution in [0.15, 0.2) is 10.6 Å². The number of hydrogen-bond acceptors (Lipinski definition) is 6. The third-order valence-electron chi connectivity index (χ3n) is 6.89. The van der Waals surface area contributed by atoms with Crippen LogP contribution in [0.2, 0.25) is 0 Å². The number of aliphatic carboxylic acids is 1. The first-order chi connectivity index (χ1) is 15.1. The van der Waals surface area contributed by atoms with Gasteiger partial charge in [0.05, 0.1) is 18.0 Å². The molecule has 2 N–H and O–H groups in total. The standard InChI is InChI=1S/C23H35N3O5S/c1-6-7-8-14(27)9-12(2)17-18-13(3)20(19(23(30)31)26(18)22(17)29)32-15-10-16(24-11-15)21(28)25(4)5/h12-13,15-18,24H,6-11H2,1-5H3,(H,30,31)/t12-,13+,15-,16-,17+,18+/m0/s1. The molecule has 0 saturated carbocycles. The summed E-state index contributed by atoms with van der Waals surface area (Å²) in [5.74, 6) is -1.63. The first-order valence-corrected chi connectivity index (χ1v) is 12.4. The van der Waals surface area contributed by atoms with Crippen LogP contribution in [0.1, 0.15) is 52.9 Å². The summed E-state index contributed by atoms with van der Waals surface area (Å²) >= 11 is 1.49. The monoisotopic (exact) mass is 465 g/mol. The zero-order chi connectivity index (χ0) is 23.7. The van der Waals surface area contributed by atoms with Crippen molar-refractivity contribution < 1.29 is 24.3 Å². The summed E-state index contributed by atoms with van der Waals surface area (Å²) in [5, 5.41) is 13.2. The number of thioether (sulfide) groups is 1. The van der Waals surface area contributed by atoms with E-state index in [2.05, 4.69) is 5.32 Å². The fourth-order valence-corrected chi connectivity index (χ4v) is 6.68. The third-order valence-corrected chi connectivity index (χ3v) is 8.40. The highest BCUT2D eigenvalue weighted by Crippen LogP contribution is 2.53. The van der Waals surface area contributed by atoms with Gasteiger partial charge in [0.2, 0.25) is 11.8 Å². The fourth-order valence-electron chi connectivity index (χ4n) is 5.20. The maximum Gasteiger partial charge on any atom is 0.353 e. The van der Waals surface area contributed by atoms with Crippen LogP contribution >= 0.6 is 11.8 Å². The van der Waals surface area contributed by atoms with Crippen LogP contribution in [0, 0.1) is 17.8 Å². The number of ketones is 1. The van der Waals surface area contributed by atoms with Crippen LogP contribution in [0.25, 0.3) is 0 Å². The highest BCUT2D eigenvalue weighted by molar-refractivity contribution is 8.03. The molecule has 9 heteroatoms. The minimum atomic E-state index is -1.09. The summed E-state index contributed by atoms with van der Waals surface area (Å²) in [7, 11) is 3.44. The minimum absolute atomic E-state index is 0.0145. The molecule has 178 valence electrons. The summed E-state index contributed by atoms with van der Waals surface area (Å²) < 4.78 is 0. The van der Waals surface area contributed by atoms with Crippen molar-refractivity contribution in [2.45, 2.75) is 70.2 Å². The summed E-state index contributed by atoms with van der Waals surface area (Å²) in [4.78, 5) is 53.3. The number of carboxylic acid groups (broad SMARTS) is 1. The van der Waals surface area contributed by atoms with E-state index in [9.17, 15) is 24.3 Å². The lowest BCUT2D eigenvalue weighted by atomic mass is 9.73. The second kappa shape index (κ2) is 9.95. The SMILES string of the molecule is CCCCC(=O)C[C@H](C)[C@H]1C(=O)N2C(C(=O)O)=C(S[C@@H]3CN[C@H](C(=O)N(C)C)C3)[C@H](C)[C@H]12. The van der Waals surface area contributed by atoms with Crippen LogP contribution in [-0.2, 0) is 19.2 Å². The molecule has 0 unspecified atom stereocenters. The molecule has 3 aliphatic rings. The van der Waals surface area contributed by atoms with Crippen molar-refractivity contribution in [2.24, 2.45) is 17.8 Å². The number of amides is 2. The Hall–Kier alpha value is -1.87. The highest BCUT2D eigenvalue weighted by atomic mass is 32.2. The average Bonchev–Trinajstić information content (AvgIpc) is 3.28. The number of β-lactam (4-membered cyclic amide) rings is 1. The lowest BCUT2D eigenvalue weighted by molar-refractivity contribution is -0.160. The molecule has 3 aliphatic heterocycles. The molecule has 0 aromatic heterocycles. The number of carboxylic acids is 1. The predicted octanol–water partition coefficient (Wildman–Crippen LogP) is 2.10. The van der Waals surface area contributed by atoms with Gasteiger partial charge in [-0.05, 0) is 18.8 Å². The molecule has 0 bridgehead atoms. The van der Waals surface area contributed by atoms with Crippen LogP contribution in [0.5, 0.6) is 0 Å². The second-order valence-corrected chi connectivity index (χ2v) is 10.9. The molecule has 6 atom stereocenters. The smallest absolute Gasteiger partial charge is 0.353 e. The fraction of sp³-hybridized carbons (Fsp3) is 0.739. The quantitative estimate of drug-likeness (QED) is 0.476. The van der Waals surface area contributed by atoms with Crippen molar-refractivity contribution in [1.29, 1.82) is 0 Å². The Morgan fingerprint density at radius 3 is 2.59 bits per heavy atom. The van der Waals surface area contributed by atoms with Crippen LogP contribution < -0.4 is 5.32 Å². The van der Waals surface area contributed by atoms with Crippen molar-refractivity contribution in [2.75, 3.05) is 20.6 Å². The maximum absolute atomic E-state index is 13.0. The summed E-state index contributed by atoms with van der Waals surface area (Å²) in [5.41, 5.74) is 0.0839. The number of carbonyl (C=O) groups is 4. The van der Waals surface area contributed by atoms with Gasteiger partial charge >= 0.3 is 5.97 Å². The van der Waals surface area contributed by atoms with Gasteiger partial charge in [-0.25, -0.2) is 4.79 Å². The molecular weight excluding hydrogens is 430 g/mol. The van der Waals surface area contributed by atoms with Crippen molar-refractivity contribution in [3.63, 3.8) is 0 Å². The molecule has 2 amide bonds. The molecular formula is C23H35N3O5S. The van der Waals surface area contributed by atoms with E-state index in [1.54, 1.807) is 19.0 Å². The van der Waals surface area contributed by atoms with Crippen LogP contribution in [0.3, 0.4) is 0 Å². The van der Waals surface area contributed by atoms with Crippen LogP contribution in [-0.4, -0.2) is 76.4 Å². The second-order valence-electron chi connectivity index (χ2n) is 9.52. The zero-order valence-corrected chi connectivity index (χ0v) is 20.4. The Labute approximate surface area is 194 Å². The molecule has 3 rings (SSSR count). The highest BCUT2D eigenvalue weighted by Gasteiger charge is 2.60. The van der Waals surface area contributed by atoms with E-state index in [0.717, 1.165) is 12.8 Å². The zero-order valence-electron chi connectivity index (χ0n) is 19.6. The van der Waals surface area contributed by atoms with E-state index in [0.29, 0.717) is 30.7 Å². The van der Waals surface area contributed by atoms with E-state index in [1.165, 1.54) is 16.7 Å². The normalized spacial score (nSPS) is 30.2. The predicted molar refractivity (Wildman–Crippen MR) is 123 cm³/mol. The van der Waals surface area contributed by atoms with Crippen LogP contribution in [0.4, 0.5) is 0 Å². The lowest BCUT2D eigenvalue weighted by Crippen LogP contribution is -2.62. The number of rotatable bonds is 10. The molecule has 32 heavy (non-hydrogen) atoms. The topological polar surface area (TPSA) is 107 Å². The molecule has 8 nitrogen and oxygen atoms in total. The van der Waals surface area contributed by atoms with E-state index in [4.69, 9.17) is 0 Å². The molecule has 2 saturated heterocycles. The Balaban J connectivity index is 1.71. The Kier molecular flexibility index (Phi) is 7.70. The number of unbranched alkanes of at least 4 members (excludes halogenated alkanes) is 1. The number of hydrogen-bond donors (Lipinski definition) is 2. The molecule has 0 spiro atoms. The first kappa shape index (κ1) is 24.8. The molecule has 0 aromatic carbocycles. The van der Waals surface area contributed by atoms with Gasteiger partial charge in [-0.3, -0.25) is 14.4 Å².